The molecule has 1 aliphatic carbocycles. The smallest absolute Gasteiger partial charge is 0.307 e. The first-order valence-electron chi connectivity index (χ1n) is 6.90. The second kappa shape index (κ2) is 4.87. The maximum absolute atomic E-state index is 11.9. The fraction of sp³-hybridized carbons (Fsp3) is 0.400. The Labute approximate surface area is 121 Å². The van der Waals surface area contributed by atoms with Crippen LogP contribution in [0.15, 0.2) is 22.6 Å². The highest BCUT2D eigenvalue weighted by molar-refractivity contribution is 5.99. The normalized spacial score (nSPS) is 20.7. The lowest BCUT2D eigenvalue weighted by Crippen LogP contribution is -2.16. The maximum atomic E-state index is 11.9. The lowest BCUT2D eigenvalue weighted by atomic mass is 10.2. The van der Waals surface area contributed by atoms with E-state index in [1.54, 1.807) is 18.2 Å². The van der Waals surface area contributed by atoms with Gasteiger partial charge in [0.15, 0.2) is 11.5 Å². The quantitative estimate of drug-likeness (QED) is 0.902. The molecule has 21 heavy (non-hydrogen) atoms. The monoisotopic (exact) mass is 288 g/mol. The zero-order valence-electron chi connectivity index (χ0n) is 11.8. The summed E-state index contributed by atoms with van der Waals surface area (Å²) in [5, 5.41) is 11.6. The minimum absolute atomic E-state index is 0.193. The van der Waals surface area contributed by atoms with E-state index in [-0.39, 0.29) is 11.8 Å². The van der Waals surface area contributed by atoms with Gasteiger partial charge in [0.25, 0.3) is 0 Å². The highest BCUT2D eigenvalue weighted by atomic mass is 16.4. The Balaban J connectivity index is 1.75. The van der Waals surface area contributed by atoms with Crippen LogP contribution in [0.1, 0.15) is 32.1 Å². The molecule has 1 saturated carbocycles. The van der Waals surface area contributed by atoms with Gasteiger partial charge in [0, 0.05) is 11.6 Å². The Bertz CT molecular complexity index is 720. The molecule has 1 fully saturated rings. The second-order valence-corrected chi connectivity index (χ2v) is 5.67. The molecule has 110 valence electrons. The summed E-state index contributed by atoms with van der Waals surface area (Å²) in [6, 6.07) is 5.22. The third-order valence-electron chi connectivity index (χ3n) is 3.61. The Morgan fingerprint density at radius 2 is 2.14 bits per heavy atom. The van der Waals surface area contributed by atoms with Gasteiger partial charge in [-0.2, -0.15) is 0 Å². The number of nitrogens with one attached hydrogen (secondary N) is 1. The lowest BCUT2D eigenvalue weighted by molar-refractivity contribution is -0.139. The molecule has 0 aliphatic heterocycles. The SMILES string of the molecule is CC(C)c1nc2cc(NC(=O)[C@@H]3C[C@@H]3C(=O)O)ccc2o1. The molecule has 1 amide bonds. The van der Waals surface area contributed by atoms with E-state index in [0.29, 0.717) is 29.1 Å². The Kier molecular flexibility index (Phi) is 3.16. The number of fused-ring (bicyclic) bond motifs is 1. The van der Waals surface area contributed by atoms with Crippen molar-refractivity contribution in [3.63, 3.8) is 0 Å². The minimum Gasteiger partial charge on any atom is -0.481 e. The molecule has 0 unspecified atom stereocenters. The largest absolute Gasteiger partial charge is 0.481 e. The second-order valence-electron chi connectivity index (χ2n) is 5.67. The van der Waals surface area contributed by atoms with Gasteiger partial charge < -0.3 is 14.8 Å². The van der Waals surface area contributed by atoms with Crippen LogP contribution in [0.4, 0.5) is 5.69 Å². The van der Waals surface area contributed by atoms with Crippen molar-refractivity contribution in [3.8, 4) is 0 Å². The molecule has 0 saturated heterocycles. The number of hydrogen-bond donors (Lipinski definition) is 2. The number of rotatable bonds is 4. The summed E-state index contributed by atoms with van der Waals surface area (Å²) in [6.07, 6.45) is 0.408. The lowest BCUT2D eigenvalue weighted by Gasteiger charge is -2.03. The number of carbonyl (C=O) groups is 2. The predicted octanol–water partition coefficient (Wildman–Crippen LogP) is 2.61. The van der Waals surface area contributed by atoms with Gasteiger partial charge in [0.05, 0.1) is 11.8 Å². The van der Waals surface area contributed by atoms with E-state index < -0.39 is 17.8 Å². The van der Waals surface area contributed by atoms with Crippen molar-refractivity contribution in [2.75, 3.05) is 5.32 Å². The van der Waals surface area contributed by atoms with Crippen LogP contribution >= 0.6 is 0 Å². The predicted molar refractivity (Wildman–Crippen MR) is 76.0 cm³/mol. The highest BCUT2D eigenvalue weighted by Crippen LogP contribution is 2.39. The van der Waals surface area contributed by atoms with Crippen LogP contribution in [0.2, 0.25) is 0 Å². The molecular formula is C15H16N2O4. The van der Waals surface area contributed by atoms with Crippen LogP contribution in [-0.2, 0) is 9.59 Å². The van der Waals surface area contributed by atoms with E-state index >= 15 is 0 Å². The van der Waals surface area contributed by atoms with Gasteiger partial charge >= 0.3 is 5.97 Å². The van der Waals surface area contributed by atoms with Crippen molar-refractivity contribution in [2.24, 2.45) is 11.8 Å². The van der Waals surface area contributed by atoms with Gasteiger partial charge in [0.1, 0.15) is 5.52 Å². The summed E-state index contributed by atoms with van der Waals surface area (Å²) in [4.78, 5) is 27.1. The third-order valence-corrected chi connectivity index (χ3v) is 3.61. The van der Waals surface area contributed by atoms with Crippen LogP contribution in [0.25, 0.3) is 11.1 Å². The van der Waals surface area contributed by atoms with Crippen molar-refractivity contribution >= 4 is 28.7 Å². The molecule has 2 aromatic rings. The summed E-state index contributed by atoms with van der Waals surface area (Å²) in [7, 11) is 0. The number of benzene rings is 1. The van der Waals surface area contributed by atoms with E-state index in [1.807, 2.05) is 13.8 Å². The van der Waals surface area contributed by atoms with Gasteiger partial charge in [-0.3, -0.25) is 9.59 Å². The summed E-state index contributed by atoms with van der Waals surface area (Å²) < 4.78 is 5.60. The van der Waals surface area contributed by atoms with Crippen LogP contribution in [0, 0.1) is 11.8 Å². The molecule has 0 radical (unpaired) electrons. The highest BCUT2D eigenvalue weighted by Gasteiger charge is 2.48. The molecule has 1 heterocycles. The first-order chi connectivity index (χ1) is 9.95. The number of oxazole rings is 1. The topological polar surface area (TPSA) is 92.4 Å². The molecule has 0 spiro atoms. The number of aliphatic carboxylic acids is 1. The Hall–Kier alpha value is -2.37. The number of carboxylic acid groups (broad SMARTS) is 1. The fourth-order valence-electron chi connectivity index (χ4n) is 2.26. The van der Waals surface area contributed by atoms with Crippen LogP contribution in [-0.4, -0.2) is 22.0 Å². The van der Waals surface area contributed by atoms with E-state index in [9.17, 15) is 9.59 Å². The standard InChI is InChI=1S/C15H16N2O4/c1-7(2)14-17-11-5-8(3-4-12(11)21-14)16-13(18)9-6-10(9)15(19)20/h3-5,7,9-10H,6H2,1-2H3,(H,16,18)(H,19,20)/t9-,10+/m1/s1. The summed E-state index contributed by atoms with van der Waals surface area (Å²) in [6.45, 7) is 3.99. The number of amides is 1. The van der Waals surface area contributed by atoms with E-state index in [0.717, 1.165) is 0 Å². The molecule has 1 aromatic heterocycles. The van der Waals surface area contributed by atoms with E-state index in [4.69, 9.17) is 9.52 Å². The molecule has 2 N–H and O–H groups in total. The van der Waals surface area contributed by atoms with Crippen molar-refractivity contribution in [1.82, 2.24) is 4.98 Å². The molecule has 6 heteroatoms. The minimum atomic E-state index is -0.913. The maximum Gasteiger partial charge on any atom is 0.307 e. The van der Waals surface area contributed by atoms with Crippen LogP contribution < -0.4 is 5.32 Å². The van der Waals surface area contributed by atoms with E-state index in [2.05, 4.69) is 10.3 Å². The van der Waals surface area contributed by atoms with E-state index in [1.165, 1.54) is 0 Å². The van der Waals surface area contributed by atoms with Crippen molar-refractivity contribution < 1.29 is 19.1 Å². The zero-order valence-corrected chi connectivity index (χ0v) is 11.8. The average molecular weight is 288 g/mol. The number of anilines is 1. The molecule has 6 nitrogen and oxygen atoms in total. The number of hydrogen-bond acceptors (Lipinski definition) is 4. The van der Waals surface area contributed by atoms with Gasteiger partial charge in [-0.15, -0.1) is 0 Å². The van der Waals surface area contributed by atoms with Gasteiger partial charge in [0.2, 0.25) is 5.91 Å². The molecular weight excluding hydrogens is 272 g/mol. The molecule has 0 bridgehead atoms. The van der Waals surface area contributed by atoms with Crippen molar-refractivity contribution in [2.45, 2.75) is 26.2 Å². The first kappa shape index (κ1) is 13.6. The van der Waals surface area contributed by atoms with Gasteiger partial charge in [-0.1, -0.05) is 13.8 Å². The van der Waals surface area contributed by atoms with Crippen molar-refractivity contribution in [3.05, 3.63) is 24.1 Å². The Morgan fingerprint density at radius 3 is 2.76 bits per heavy atom. The van der Waals surface area contributed by atoms with Crippen LogP contribution in [0.3, 0.4) is 0 Å². The first-order valence-corrected chi connectivity index (χ1v) is 6.90. The van der Waals surface area contributed by atoms with Crippen LogP contribution in [0.5, 0.6) is 0 Å². The third kappa shape index (κ3) is 2.61. The van der Waals surface area contributed by atoms with Crippen molar-refractivity contribution in [1.29, 1.82) is 0 Å². The molecule has 2 atom stereocenters. The molecule has 1 aromatic carbocycles. The summed E-state index contributed by atoms with van der Waals surface area (Å²) >= 11 is 0. The molecule has 1 aliphatic rings. The number of carboxylic acids is 1. The van der Waals surface area contributed by atoms with Gasteiger partial charge in [-0.25, -0.2) is 4.98 Å². The fourth-order valence-corrected chi connectivity index (χ4v) is 2.26. The number of aromatic nitrogens is 1. The molecule has 3 rings (SSSR count). The number of carbonyl (C=O) groups excluding carboxylic acids is 1. The Morgan fingerprint density at radius 1 is 1.38 bits per heavy atom. The van der Waals surface area contributed by atoms with Gasteiger partial charge in [-0.05, 0) is 24.6 Å². The summed E-state index contributed by atoms with van der Waals surface area (Å²) in [5.74, 6) is -1.30. The number of nitrogens with zero attached hydrogens (tertiary/aromatic N) is 1. The zero-order chi connectivity index (χ0) is 15.1. The summed E-state index contributed by atoms with van der Waals surface area (Å²) in [5.41, 5.74) is 1.96. The average Bonchev–Trinajstić information content (AvgIpc) is 3.12.